The molecule has 0 amide bonds. The van der Waals surface area contributed by atoms with E-state index in [4.69, 9.17) is 0 Å². The van der Waals surface area contributed by atoms with Crippen LogP contribution < -0.4 is 0 Å². The van der Waals surface area contributed by atoms with Crippen molar-refractivity contribution in [2.45, 2.75) is 232 Å². The zero-order valence-corrected chi connectivity index (χ0v) is 33.8. The van der Waals surface area contributed by atoms with Crippen LogP contribution in [0.5, 0.6) is 0 Å². The van der Waals surface area contributed by atoms with Crippen LogP contribution in [0.3, 0.4) is 0 Å². The highest BCUT2D eigenvalue weighted by atomic mass is 15.3. The van der Waals surface area contributed by atoms with E-state index < -0.39 is 0 Å². The molecule has 46 heavy (non-hydrogen) atoms. The predicted molar refractivity (Wildman–Crippen MR) is 212 cm³/mol. The van der Waals surface area contributed by atoms with E-state index in [2.05, 4.69) is 42.0 Å². The smallest absolute Gasteiger partial charge is 0.0782 e. The van der Waals surface area contributed by atoms with E-state index in [9.17, 15) is 0 Å². The summed E-state index contributed by atoms with van der Waals surface area (Å²) in [5.41, 5.74) is 0. The summed E-state index contributed by atoms with van der Waals surface area (Å²) < 4.78 is 2.47. The molecule has 0 bridgehead atoms. The summed E-state index contributed by atoms with van der Waals surface area (Å²) in [4.78, 5) is 0. The molecular formula is C44H94N2+2. The zero-order chi connectivity index (χ0) is 33.9. The molecule has 278 valence electrons. The lowest BCUT2D eigenvalue weighted by Crippen LogP contribution is -2.41. The van der Waals surface area contributed by atoms with Gasteiger partial charge in [0.2, 0.25) is 0 Å². The maximum atomic E-state index is 2.47. The lowest BCUT2D eigenvalue weighted by atomic mass is 10.0. The van der Waals surface area contributed by atoms with E-state index in [1.54, 1.807) is 0 Å². The van der Waals surface area contributed by atoms with E-state index >= 15 is 0 Å². The van der Waals surface area contributed by atoms with E-state index in [1.807, 2.05) is 0 Å². The molecule has 0 aromatic heterocycles. The molecule has 0 saturated carbocycles. The predicted octanol–water partition coefficient (Wildman–Crippen LogP) is 14.4. The average Bonchev–Trinajstić information content (AvgIpc) is 3.02. The molecule has 0 atom stereocenters. The third-order valence-electron chi connectivity index (χ3n) is 11.0. The van der Waals surface area contributed by atoms with Crippen LogP contribution in [0.25, 0.3) is 0 Å². The van der Waals surface area contributed by atoms with Gasteiger partial charge in [0.15, 0.2) is 0 Å². The molecule has 2 heteroatoms. The first kappa shape index (κ1) is 45.9. The summed E-state index contributed by atoms with van der Waals surface area (Å²) >= 11 is 0. The summed E-state index contributed by atoms with van der Waals surface area (Å²) in [6.07, 6.45) is 49.5. The van der Waals surface area contributed by atoms with Gasteiger partial charge in [-0.05, 0) is 51.4 Å². The van der Waals surface area contributed by atoms with E-state index in [0.717, 1.165) is 0 Å². The lowest BCUT2D eigenvalue weighted by Gasteiger charge is -2.31. The van der Waals surface area contributed by atoms with Gasteiger partial charge in [-0.25, -0.2) is 0 Å². The largest absolute Gasteiger partial charge is 0.328 e. The first-order chi connectivity index (χ1) is 22.3. The van der Waals surface area contributed by atoms with Crippen molar-refractivity contribution in [1.29, 1.82) is 0 Å². The number of quaternary nitrogens is 2. The van der Waals surface area contributed by atoms with Crippen molar-refractivity contribution < 1.29 is 8.97 Å². The fourth-order valence-corrected chi connectivity index (χ4v) is 7.48. The second kappa shape index (κ2) is 34.8. The van der Waals surface area contributed by atoms with Crippen LogP contribution in [-0.4, -0.2) is 63.3 Å². The van der Waals surface area contributed by atoms with E-state index in [0.29, 0.717) is 0 Å². The van der Waals surface area contributed by atoms with Crippen LogP contribution in [-0.2, 0) is 0 Å². The van der Waals surface area contributed by atoms with E-state index in [-0.39, 0.29) is 0 Å². The van der Waals surface area contributed by atoms with E-state index in [1.165, 1.54) is 253 Å². The molecule has 0 aliphatic rings. The fraction of sp³-hybridized carbons (Fsp3) is 1.00. The molecule has 0 saturated heterocycles. The SMILES string of the molecule is CCCCCCCCCCCCCCCCC[N+](C)(C)CCCCCC[N+](C)(C)CCCCCCCCCCCCCCCCC. The summed E-state index contributed by atoms with van der Waals surface area (Å²) in [7, 11) is 9.89. The maximum absolute atomic E-state index is 2.47. The van der Waals surface area contributed by atoms with Gasteiger partial charge >= 0.3 is 0 Å². The Hall–Kier alpha value is -0.0800. The summed E-state index contributed by atoms with van der Waals surface area (Å²) in [5.74, 6) is 0. The van der Waals surface area contributed by atoms with Crippen molar-refractivity contribution in [3.8, 4) is 0 Å². The number of hydrogen-bond donors (Lipinski definition) is 0. The topological polar surface area (TPSA) is 0 Å². The molecule has 2 nitrogen and oxygen atoms in total. The first-order valence-electron chi connectivity index (χ1n) is 22.0. The maximum Gasteiger partial charge on any atom is 0.0782 e. The third-order valence-corrected chi connectivity index (χ3v) is 11.0. The number of hydrogen-bond acceptors (Lipinski definition) is 0. The molecule has 0 radical (unpaired) electrons. The van der Waals surface area contributed by atoms with Crippen molar-refractivity contribution in [3.05, 3.63) is 0 Å². The Morgan fingerprint density at radius 3 is 0.478 bits per heavy atom. The van der Waals surface area contributed by atoms with Gasteiger partial charge in [-0.2, -0.15) is 0 Å². The van der Waals surface area contributed by atoms with Crippen LogP contribution in [0.1, 0.15) is 232 Å². The summed E-state index contributed by atoms with van der Waals surface area (Å²) in [6, 6.07) is 0. The van der Waals surface area contributed by atoms with Crippen LogP contribution >= 0.6 is 0 Å². The Bertz CT molecular complexity index is 518. The third kappa shape index (κ3) is 36.8. The van der Waals surface area contributed by atoms with Crippen molar-refractivity contribution in [2.75, 3.05) is 54.4 Å². The fourth-order valence-electron chi connectivity index (χ4n) is 7.48. The van der Waals surface area contributed by atoms with Crippen LogP contribution in [0, 0.1) is 0 Å². The Kier molecular flexibility index (Phi) is 34.7. The summed E-state index contributed by atoms with van der Waals surface area (Å²) in [5, 5.41) is 0. The van der Waals surface area contributed by atoms with Gasteiger partial charge in [0, 0.05) is 0 Å². The highest BCUT2D eigenvalue weighted by Crippen LogP contribution is 2.16. The molecule has 0 aromatic rings. The normalized spacial score (nSPS) is 12.4. The number of unbranched alkanes of at least 4 members (excludes halogenated alkanes) is 31. The minimum Gasteiger partial charge on any atom is -0.328 e. The zero-order valence-electron chi connectivity index (χ0n) is 33.8. The standard InChI is InChI=1S/C44H94N2/c1-7-9-11-13-15-17-19-21-23-25-27-29-31-33-37-41-45(3,4)43-39-35-36-40-44-46(5,6)42-38-34-32-30-28-26-24-22-20-18-16-14-12-10-8-2/h7-44H2,1-6H3/q+2. The van der Waals surface area contributed by atoms with Gasteiger partial charge in [0.25, 0.3) is 0 Å². The molecule has 0 aliphatic carbocycles. The van der Waals surface area contributed by atoms with Gasteiger partial charge in [0.05, 0.1) is 54.4 Å². The van der Waals surface area contributed by atoms with Crippen LogP contribution in [0.4, 0.5) is 0 Å². The monoisotopic (exact) mass is 651 g/mol. The molecule has 0 N–H and O–H groups in total. The van der Waals surface area contributed by atoms with Gasteiger partial charge in [0.1, 0.15) is 0 Å². The van der Waals surface area contributed by atoms with Crippen molar-refractivity contribution in [2.24, 2.45) is 0 Å². The Morgan fingerprint density at radius 1 is 0.196 bits per heavy atom. The molecule has 0 aromatic carbocycles. The number of rotatable bonds is 39. The Morgan fingerprint density at radius 2 is 0.326 bits per heavy atom. The molecule has 0 spiro atoms. The summed E-state index contributed by atoms with van der Waals surface area (Å²) in [6.45, 7) is 10.1. The minimum absolute atomic E-state index is 1.24. The van der Waals surface area contributed by atoms with Crippen molar-refractivity contribution in [1.82, 2.24) is 0 Å². The number of nitrogens with zero attached hydrogens (tertiary/aromatic N) is 2. The van der Waals surface area contributed by atoms with Gasteiger partial charge in [-0.1, -0.05) is 181 Å². The quantitative estimate of drug-likeness (QED) is 0.0459. The average molecular weight is 651 g/mol. The van der Waals surface area contributed by atoms with Crippen molar-refractivity contribution >= 4 is 0 Å². The van der Waals surface area contributed by atoms with Crippen molar-refractivity contribution in [3.63, 3.8) is 0 Å². The second-order valence-corrected chi connectivity index (χ2v) is 17.1. The molecule has 0 fully saturated rings. The van der Waals surface area contributed by atoms with Gasteiger partial charge < -0.3 is 8.97 Å². The second-order valence-electron chi connectivity index (χ2n) is 17.1. The Balaban J connectivity index is 3.46. The minimum atomic E-state index is 1.24. The Labute approximate surface area is 294 Å². The highest BCUT2D eigenvalue weighted by Gasteiger charge is 2.16. The van der Waals surface area contributed by atoms with Crippen LogP contribution in [0.2, 0.25) is 0 Å². The van der Waals surface area contributed by atoms with Crippen LogP contribution in [0.15, 0.2) is 0 Å². The molecule has 0 heterocycles. The molecule has 0 unspecified atom stereocenters. The molecule has 0 aliphatic heterocycles. The molecule has 0 rings (SSSR count). The lowest BCUT2D eigenvalue weighted by molar-refractivity contribution is -0.891. The molecular weight excluding hydrogens is 556 g/mol. The van der Waals surface area contributed by atoms with Gasteiger partial charge in [-0.15, -0.1) is 0 Å². The first-order valence-corrected chi connectivity index (χ1v) is 22.0. The van der Waals surface area contributed by atoms with Gasteiger partial charge in [-0.3, -0.25) is 0 Å². The highest BCUT2D eigenvalue weighted by molar-refractivity contribution is 4.52.